The summed E-state index contributed by atoms with van der Waals surface area (Å²) in [6.07, 6.45) is 3.36. The van der Waals surface area contributed by atoms with Crippen molar-refractivity contribution in [2.75, 3.05) is 13.2 Å². The highest BCUT2D eigenvalue weighted by Gasteiger charge is 2.13. The lowest BCUT2D eigenvalue weighted by atomic mass is 10.3. The van der Waals surface area contributed by atoms with Crippen molar-refractivity contribution in [2.45, 2.75) is 9.92 Å². The molecule has 1 aliphatic heterocycles. The van der Waals surface area contributed by atoms with Crippen molar-refractivity contribution in [1.82, 2.24) is 9.97 Å². The number of fused-ring (bicyclic) bond motifs is 1. The summed E-state index contributed by atoms with van der Waals surface area (Å²) in [5, 5.41) is 0.947. The summed E-state index contributed by atoms with van der Waals surface area (Å²) < 4.78 is 12.1. The Kier molecular flexibility index (Phi) is 3.55. The zero-order valence-electron chi connectivity index (χ0n) is 9.30. The minimum absolute atomic E-state index is 0.603. The highest BCUT2D eigenvalue weighted by atomic mass is 127. The van der Waals surface area contributed by atoms with Crippen LogP contribution in [0.3, 0.4) is 0 Å². The number of aromatic nitrogens is 2. The van der Waals surface area contributed by atoms with E-state index in [0.29, 0.717) is 13.2 Å². The smallest absolute Gasteiger partial charge is 0.162 e. The van der Waals surface area contributed by atoms with Gasteiger partial charge in [-0.05, 0) is 40.8 Å². The summed E-state index contributed by atoms with van der Waals surface area (Å²) in [5.74, 6) is 1.61. The number of rotatable bonds is 2. The molecule has 4 nitrogen and oxygen atoms in total. The fourth-order valence-corrected chi connectivity index (χ4v) is 2.98. The molecule has 0 atom stereocenters. The molecule has 18 heavy (non-hydrogen) atoms. The van der Waals surface area contributed by atoms with Crippen molar-refractivity contribution in [3.8, 4) is 11.5 Å². The number of ether oxygens (including phenoxy) is 2. The maximum absolute atomic E-state index is 5.56. The first-order valence-electron chi connectivity index (χ1n) is 5.36. The fourth-order valence-electron chi connectivity index (χ4n) is 1.58. The lowest BCUT2D eigenvalue weighted by molar-refractivity contribution is 0.171. The predicted octanol–water partition coefficient (Wildman–Crippen LogP) is 3.00. The van der Waals surface area contributed by atoms with Gasteiger partial charge in [0.1, 0.15) is 24.6 Å². The van der Waals surface area contributed by atoms with Crippen LogP contribution in [-0.2, 0) is 0 Å². The average Bonchev–Trinajstić information content (AvgIpc) is 2.41. The largest absolute Gasteiger partial charge is 0.486 e. The van der Waals surface area contributed by atoms with Crippen LogP contribution in [0.15, 0.2) is 40.6 Å². The van der Waals surface area contributed by atoms with Gasteiger partial charge in [0.15, 0.2) is 11.5 Å². The molecule has 2 heterocycles. The first kappa shape index (κ1) is 12.0. The van der Waals surface area contributed by atoms with Crippen molar-refractivity contribution in [2.24, 2.45) is 0 Å². The molecule has 0 radical (unpaired) electrons. The molecule has 0 fully saturated rings. The molecule has 3 rings (SSSR count). The molecular formula is C12H9IN2O2S. The maximum atomic E-state index is 5.56. The van der Waals surface area contributed by atoms with Gasteiger partial charge in [-0.15, -0.1) is 0 Å². The van der Waals surface area contributed by atoms with Gasteiger partial charge in [-0.25, -0.2) is 9.97 Å². The Morgan fingerprint density at radius 1 is 1.17 bits per heavy atom. The second kappa shape index (κ2) is 5.31. The average molecular weight is 372 g/mol. The van der Waals surface area contributed by atoms with Gasteiger partial charge < -0.3 is 9.47 Å². The number of halogens is 1. The van der Waals surface area contributed by atoms with E-state index in [2.05, 4.69) is 32.6 Å². The van der Waals surface area contributed by atoms with Crippen LogP contribution in [0.5, 0.6) is 11.5 Å². The zero-order chi connectivity index (χ0) is 12.4. The van der Waals surface area contributed by atoms with E-state index in [9.17, 15) is 0 Å². The SMILES string of the molecule is Ic1cncnc1Sc1ccc2c(c1)OCCO2. The minimum atomic E-state index is 0.603. The van der Waals surface area contributed by atoms with Crippen LogP contribution in [-0.4, -0.2) is 23.2 Å². The molecule has 2 aromatic rings. The topological polar surface area (TPSA) is 44.2 Å². The highest BCUT2D eigenvalue weighted by Crippen LogP contribution is 2.37. The van der Waals surface area contributed by atoms with Gasteiger partial charge in [0.2, 0.25) is 0 Å². The van der Waals surface area contributed by atoms with Gasteiger partial charge in [-0.1, -0.05) is 11.8 Å². The van der Waals surface area contributed by atoms with E-state index >= 15 is 0 Å². The molecule has 0 bridgehead atoms. The van der Waals surface area contributed by atoms with Crippen molar-refractivity contribution in [3.05, 3.63) is 34.3 Å². The second-order valence-electron chi connectivity index (χ2n) is 3.58. The lowest BCUT2D eigenvalue weighted by Crippen LogP contribution is -2.15. The lowest BCUT2D eigenvalue weighted by Gasteiger charge is -2.18. The van der Waals surface area contributed by atoms with E-state index in [4.69, 9.17) is 9.47 Å². The molecule has 0 aliphatic carbocycles. The number of hydrogen-bond acceptors (Lipinski definition) is 5. The van der Waals surface area contributed by atoms with Crippen LogP contribution in [0.2, 0.25) is 0 Å². The minimum Gasteiger partial charge on any atom is -0.486 e. The summed E-state index contributed by atoms with van der Waals surface area (Å²) >= 11 is 3.82. The summed E-state index contributed by atoms with van der Waals surface area (Å²) in [5.41, 5.74) is 0. The molecule has 0 amide bonds. The standard InChI is InChI=1S/C12H9IN2O2S/c13-9-6-14-7-15-12(9)18-8-1-2-10-11(5-8)17-4-3-16-10/h1-2,5-7H,3-4H2. The number of benzene rings is 1. The third-order valence-corrected chi connectivity index (χ3v) is 4.53. The second-order valence-corrected chi connectivity index (χ2v) is 5.81. The molecular weight excluding hydrogens is 363 g/mol. The molecule has 0 spiro atoms. The maximum Gasteiger partial charge on any atom is 0.162 e. The van der Waals surface area contributed by atoms with E-state index in [1.165, 1.54) is 0 Å². The number of nitrogens with zero attached hydrogens (tertiary/aromatic N) is 2. The Hall–Kier alpha value is -1.02. The van der Waals surface area contributed by atoms with Crippen LogP contribution in [0, 0.1) is 3.57 Å². The van der Waals surface area contributed by atoms with Crippen LogP contribution < -0.4 is 9.47 Å². The van der Waals surface area contributed by atoms with Crippen molar-refractivity contribution in [1.29, 1.82) is 0 Å². The highest BCUT2D eigenvalue weighted by molar-refractivity contribution is 14.1. The van der Waals surface area contributed by atoms with E-state index in [-0.39, 0.29) is 0 Å². The molecule has 92 valence electrons. The quantitative estimate of drug-likeness (QED) is 0.599. The van der Waals surface area contributed by atoms with Crippen molar-refractivity contribution >= 4 is 34.4 Å². The Morgan fingerprint density at radius 2 is 2.00 bits per heavy atom. The van der Waals surface area contributed by atoms with Crippen molar-refractivity contribution < 1.29 is 9.47 Å². The summed E-state index contributed by atoms with van der Waals surface area (Å²) in [6, 6.07) is 5.93. The van der Waals surface area contributed by atoms with Gasteiger partial charge >= 0.3 is 0 Å². The molecule has 0 unspecified atom stereocenters. The Morgan fingerprint density at radius 3 is 2.83 bits per heavy atom. The van der Waals surface area contributed by atoms with Gasteiger partial charge in [0.25, 0.3) is 0 Å². The first-order valence-corrected chi connectivity index (χ1v) is 7.25. The molecule has 1 aromatic carbocycles. The van der Waals surface area contributed by atoms with E-state index < -0.39 is 0 Å². The zero-order valence-corrected chi connectivity index (χ0v) is 12.3. The molecule has 6 heteroatoms. The van der Waals surface area contributed by atoms with Gasteiger partial charge in [0, 0.05) is 11.1 Å². The third kappa shape index (κ3) is 2.54. The van der Waals surface area contributed by atoms with E-state index in [0.717, 1.165) is 25.0 Å². The van der Waals surface area contributed by atoms with Crippen LogP contribution in [0.4, 0.5) is 0 Å². The molecule has 0 saturated carbocycles. The predicted molar refractivity (Wildman–Crippen MR) is 76.3 cm³/mol. The normalized spacial score (nSPS) is 13.4. The Balaban J connectivity index is 1.87. The van der Waals surface area contributed by atoms with E-state index in [1.54, 1.807) is 24.3 Å². The van der Waals surface area contributed by atoms with Crippen LogP contribution >= 0.6 is 34.4 Å². The summed E-state index contributed by atoms with van der Waals surface area (Å²) in [4.78, 5) is 9.32. The molecule has 1 aromatic heterocycles. The Bertz CT molecular complexity index is 580. The molecule has 0 N–H and O–H groups in total. The molecule has 1 aliphatic rings. The van der Waals surface area contributed by atoms with Crippen LogP contribution in [0.1, 0.15) is 0 Å². The fraction of sp³-hybridized carbons (Fsp3) is 0.167. The van der Waals surface area contributed by atoms with Gasteiger partial charge in [-0.3, -0.25) is 0 Å². The Labute approximate surface area is 122 Å². The van der Waals surface area contributed by atoms with E-state index in [1.807, 2.05) is 18.2 Å². The third-order valence-electron chi connectivity index (χ3n) is 2.36. The first-order chi connectivity index (χ1) is 8.83. The van der Waals surface area contributed by atoms with Crippen LogP contribution in [0.25, 0.3) is 0 Å². The number of hydrogen-bond donors (Lipinski definition) is 0. The van der Waals surface area contributed by atoms with Gasteiger partial charge in [0.05, 0.1) is 3.57 Å². The van der Waals surface area contributed by atoms with Crippen molar-refractivity contribution in [3.63, 3.8) is 0 Å². The summed E-state index contributed by atoms with van der Waals surface area (Å²) in [6.45, 7) is 1.22. The molecule has 0 saturated heterocycles. The summed E-state index contributed by atoms with van der Waals surface area (Å²) in [7, 11) is 0. The monoisotopic (exact) mass is 372 g/mol. The van der Waals surface area contributed by atoms with Gasteiger partial charge in [-0.2, -0.15) is 0 Å².